The smallest absolute Gasteiger partial charge is 0.176 e. The molecule has 0 spiro atoms. The van der Waals surface area contributed by atoms with Crippen molar-refractivity contribution in [1.29, 1.82) is 0 Å². The van der Waals surface area contributed by atoms with E-state index in [1.807, 2.05) is 0 Å². The zero-order chi connectivity index (χ0) is 25.7. The number of carbonyl (C=O) groups is 2. The number of rotatable bonds is 12. The first-order valence-electron chi connectivity index (χ1n) is 16.5. The van der Waals surface area contributed by atoms with Crippen LogP contribution in [0.2, 0.25) is 0 Å². The van der Waals surface area contributed by atoms with Crippen molar-refractivity contribution in [2.45, 2.75) is 167 Å². The van der Waals surface area contributed by atoms with E-state index in [9.17, 15) is 9.59 Å². The molecule has 208 valence electrons. The zero-order valence-corrected chi connectivity index (χ0v) is 23.8. The summed E-state index contributed by atoms with van der Waals surface area (Å²) in [6.45, 7) is 0. The number of carbonyl (C=O) groups excluding carboxylic acids is 2. The number of aliphatic imine (C=N–C) groups is 1. The Morgan fingerprint density at radius 2 is 1.11 bits per heavy atom. The predicted molar refractivity (Wildman–Crippen MR) is 155 cm³/mol. The molecule has 0 N–H and O–H groups in total. The van der Waals surface area contributed by atoms with E-state index >= 15 is 0 Å². The number of hydrogen-bond acceptors (Lipinski definition) is 3. The molecule has 37 heavy (non-hydrogen) atoms. The van der Waals surface area contributed by atoms with Crippen molar-refractivity contribution in [2.24, 2.45) is 22.7 Å². The minimum Gasteiger partial charge on any atom is -0.299 e. The van der Waals surface area contributed by atoms with Crippen LogP contribution in [-0.4, -0.2) is 23.3 Å². The summed E-state index contributed by atoms with van der Waals surface area (Å²) in [5.74, 6) is 2.45. The maximum absolute atomic E-state index is 13.3. The van der Waals surface area contributed by atoms with Crippen LogP contribution in [0, 0.1) is 17.8 Å². The summed E-state index contributed by atoms with van der Waals surface area (Å²) in [4.78, 5) is 31.5. The van der Waals surface area contributed by atoms with Crippen LogP contribution in [0.5, 0.6) is 0 Å². The molecular formula is C34H55NO2. The number of nitrogens with zero attached hydrogens (tertiary/aromatic N) is 1. The van der Waals surface area contributed by atoms with Crippen molar-refractivity contribution >= 4 is 17.3 Å². The van der Waals surface area contributed by atoms with Crippen LogP contribution in [0.3, 0.4) is 0 Å². The minimum atomic E-state index is 0.296. The monoisotopic (exact) mass is 509 g/mol. The molecule has 0 aromatic carbocycles. The molecule has 0 aromatic rings. The molecule has 0 radical (unpaired) electrons. The second-order valence-corrected chi connectivity index (χ2v) is 13.0. The van der Waals surface area contributed by atoms with Crippen molar-refractivity contribution in [3.63, 3.8) is 0 Å². The van der Waals surface area contributed by atoms with Gasteiger partial charge in [0.05, 0.1) is 11.8 Å². The first-order chi connectivity index (χ1) is 18.2. The van der Waals surface area contributed by atoms with Gasteiger partial charge in [-0.15, -0.1) is 0 Å². The van der Waals surface area contributed by atoms with Crippen LogP contribution < -0.4 is 0 Å². The SMILES string of the molecule is O=C(CCCCC(=O)C(=NC1CCCCC1)C1CCCCC1)C/C(=C/C1CCCCC1)C1CCCCC1. The molecule has 4 saturated carbocycles. The fraction of sp³-hybridized carbons (Fsp3) is 0.853. The number of Topliss-reactive ketones (excluding diaryl/α,β-unsaturated/α-hetero) is 2. The van der Waals surface area contributed by atoms with E-state index in [0.29, 0.717) is 54.6 Å². The summed E-state index contributed by atoms with van der Waals surface area (Å²) < 4.78 is 0. The van der Waals surface area contributed by atoms with Crippen LogP contribution in [0.1, 0.15) is 161 Å². The average Bonchev–Trinajstić information content (AvgIpc) is 2.95. The van der Waals surface area contributed by atoms with Crippen molar-refractivity contribution in [2.75, 3.05) is 0 Å². The molecule has 0 saturated heterocycles. The highest BCUT2D eigenvalue weighted by Gasteiger charge is 2.27. The summed E-state index contributed by atoms with van der Waals surface area (Å²) in [6, 6.07) is 0.380. The van der Waals surface area contributed by atoms with Gasteiger partial charge in [0.1, 0.15) is 5.78 Å². The Morgan fingerprint density at radius 1 is 0.595 bits per heavy atom. The average molecular weight is 510 g/mol. The maximum Gasteiger partial charge on any atom is 0.176 e. The molecule has 0 unspecified atom stereocenters. The number of ketones is 2. The van der Waals surface area contributed by atoms with Gasteiger partial charge >= 0.3 is 0 Å². The van der Waals surface area contributed by atoms with Crippen LogP contribution in [0.15, 0.2) is 16.6 Å². The van der Waals surface area contributed by atoms with Crippen LogP contribution >= 0.6 is 0 Å². The molecule has 0 heterocycles. The summed E-state index contributed by atoms with van der Waals surface area (Å²) in [5, 5.41) is 0. The van der Waals surface area contributed by atoms with Gasteiger partial charge in [0.2, 0.25) is 0 Å². The zero-order valence-electron chi connectivity index (χ0n) is 23.8. The molecule has 4 aliphatic carbocycles. The van der Waals surface area contributed by atoms with E-state index in [-0.39, 0.29) is 0 Å². The van der Waals surface area contributed by atoms with Crippen molar-refractivity contribution < 1.29 is 9.59 Å². The lowest BCUT2D eigenvalue weighted by Crippen LogP contribution is -2.28. The fourth-order valence-electron chi connectivity index (χ4n) is 7.66. The predicted octanol–water partition coefficient (Wildman–Crippen LogP) is 9.52. The first kappa shape index (κ1) is 28.8. The minimum absolute atomic E-state index is 0.296. The van der Waals surface area contributed by atoms with E-state index < -0.39 is 0 Å². The van der Waals surface area contributed by atoms with Crippen LogP contribution in [0.25, 0.3) is 0 Å². The van der Waals surface area contributed by atoms with Gasteiger partial charge in [-0.3, -0.25) is 14.6 Å². The molecule has 0 amide bonds. The summed E-state index contributed by atoms with van der Waals surface area (Å²) in [5.41, 5.74) is 2.42. The third-order valence-corrected chi connectivity index (χ3v) is 9.91. The van der Waals surface area contributed by atoms with E-state index in [2.05, 4.69) is 6.08 Å². The third kappa shape index (κ3) is 9.77. The number of allylic oxidation sites excluding steroid dienone is 2. The quantitative estimate of drug-likeness (QED) is 0.149. The normalized spacial score (nSPS) is 24.3. The molecular weight excluding hydrogens is 454 g/mol. The Labute approximate surface area is 227 Å². The van der Waals surface area contributed by atoms with Gasteiger partial charge in [0.25, 0.3) is 0 Å². The fourth-order valence-corrected chi connectivity index (χ4v) is 7.66. The van der Waals surface area contributed by atoms with E-state index in [0.717, 1.165) is 44.2 Å². The van der Waals surface area contributed by atoms with Gasteiger partial charge in [-0.1, -0.05) is 88.7 Å². The highest BCUT2D eigenvalue weighted by Crippen LogP contribution is 2.35. The van der Waals surface area contributed by atoms with Crippen molar-refractivity contribution in [1.82, 2.24) is 0 Å². The maximum atomic E-state index is 13.3. The van der Waals surface area contributed by atoms with Crippen molar-refractivity contribution in [3.05, 3.63) is 11.6 Å². The topological polar surface area (TPSA) is 46.5 Å². The van der Waals surface area contributed by atoms with Gasteiger partial charge < -0.3 is 0 Å². The van der Waals surface area contributed by atoms with E-state index in [1.54, 1.807) is 0 Å². The van der Waals surface area contributed by atoms with E-state index in [1.165, 1.54) is 108 Å². The Hall–Kier alpha value is -1.25. The lowest BCUT2D eigenvalue weighted by atomic mass is 9.78. The Kier molecular flexibility index (Phi) is 12.4. The first-order valence-corrected chi connectivity index (χ1v) is 16.5. The molecule has 3 nitrogen and oxygen atoms in total. The number of hydrogen-bond donors (Lipinski definition) is 0. The second kappa shape index (κ2) is 16.0. The van der Waals surface area contributed by atoms with Gasteiger partial charge in [0.15, 0.2) is 5.78 Å². The summed E-state index contributed by atoms with van der Waals surface area (Å²) in [6.07, 6.45) is 31.7. The Balaban J connectivity index is 1.26. The number of unbranched alkanes of at least 4 members (excludes halogenated alkanes) is 1. The highest BCUT2D eigenvalue weighted by atomic mass is 16.1. The Bertz CT molecular complexity index is 757. The standard InChI is InChI=1S/C34H55NO2/c36-32(26-30(28-17-7-2-8-18-28)25-27-15-5-1-6-16-27)23-13-14-24-33(37)34(29-19-9-3-10-20-29)35-31-21-11-4-12-22-31/h25,27-29,31H,1-24,26H2/b30-25-,35-34?. The summed E-state index contributed by atoms with van der Waals surface area (Å²) in [7, 11) is 0. The molecule has 4 rings (SSSR count). The molecule has 4 fully saturated rings. The second-order valence-electron chi connectivity index (χ2n) is 13.0. The van der Waals surface area contributed by atoms with Gasteiger partial charge in [-0.05, 0) is 76.0 Å². The molecule has 0 aromatic heterocycles. The highest BCUT2D eigenvalue weighted by molar-refractivity contribution is 6.40. The largest absolute Gasteiger partial charge is 0.299 e. The van der Waals surface area contributed by atoms with Gasteiger partial charge in [-0.2, -0.15) is 0 Å². The molecule has 0 atom stereocenters. The molecule has 0 bridgehead atoms. The van der Waals surface area contributed by atoms with Crippen molar-refractivity contribution in [3.8, 4) is 0 Å². The summed E-state index contributed by atoms with van der Waals surface area (Å²) >= 11 is 0. The van der Waals surface area contributed by atoms with Gasteiger partial charge in [0, 0.05) is 25.2 Å². The van der Waals surface area contributed by atoms with Crippen LogP contribution in [0.4, 0.5) is 0 Å². The third-order valence-electron chi connectivity index (χ3n) is 9.91. The van der Waals surface area contributed by atoms with E-state index in [4.69, 9.17) is 4.99 Å². The lowest BCUT2D eigenvalue weighted by Gasteiger charge is -2.27. The Morgan fingerprint density at radius 3 is 1.73 bits per heavy atom. The van der Waals surface area contributed by atoms with Gasteiger partial charge in [-0.25, -0.2) is 0 Å². The lowest BCUT2D eigenvalue weighted by molar-refractivity contribution is -0.119. The van der Waals surface area contributed by atoms with Crippen LogP contribution in [-0.2, 0) is 9.59 Å². The molecule has 4 aliphatic rings. The molecule has 0 aliphatic heterocycles. The molecule has 3 heteroatoms.